The van der Waals surface area contributed by atoms with Crippen LogP contribution in [0.15, 0.2) is 35.4 Å². The van der Waals surface area contributed by atoms with Gasteiger partial charge in [0, 0.05) is 37.7 Å². The van der Waals surface area contributed by atoms with Gasteiger partial charge in [-0.05, 0) is 30.7 Å². The molecule has 0 saturated heterocycles. The fourth-order valence-electron chi connectivity index (χ4n) is 1.83. The third kappa shape index (κ3) is 1.93. The molecule has 0 aliphatic carbocycles. The summed E-state index contributed by atoms with van der Waals surface area (Å²) in [5.74, 6) is 0. The maximum absolute atomic E-state index is 11.9. The van der Waals surface area contributed by atoms with Crippen LogP contribution in [0.2, 0.25) is 0 Å². The van der Waals surface area contributed by atoms with Crippen LogP contribution in [0.5, 0.6) is 0 Å². The number of rotatable bonds is 2. The van der Waals surface area contributed by atoms with Gasteiger partial charge in [0.05, 0.1) is 0 Å². The molecule has 1 N–H and O–H groups in total. The summed E-state index contributed by atoms with van der Waals surface area (Å²) in [5.41, 5.74) is 3.64. The molecule has 2 heterocycles. The largest absolute Gasteiger partial charge is 0.384 e. The summed E-state index contributed by atoms with van der Waals surface area (Å²) in [4.78, 5) is 15.9. The van der Waals surface area contributed by atoms with E-state index in [2.05, 4.69) is 10.3 Å². The number of hydrogen-bond donors (Lipinski definition) is 1. The van der Waals surface area contributed by atoms with Crippen LogP contribution in [-0.2, 0) is 7.05 Å². The molecule has 0 unspecified atom stereocenters. The van der Waals surface area contributed by atoms with Gasteiger partial charge < -0.3 is 9.88 Å². The molecule has 0 radical (unpaired) electrons. The van der Waals surface area contributed by atoms with Crippen LogP contribution in [-0.4, -0.2) is 16.6 Å². The standard InChI is InChI=1S/C13H15N3O/c1-9-11(10-4-6-15-7-5-10)8-12(14-2)13(17)16(9)3/h4-8,14H,1-3H3. The van der Waals surface area contributed by atoms with Crippen molar-refractivity contribution in [2.24, 2.45) is 7.05 Å². The van der Waals surface area contributed by atoms with Crippen molar-refractivity contribution in [3.8, 4) is 11.1 Å². The van der Waals surface area contributed by atoms with Crippen LogP contribution in [0.4, 0.5) is 5.69 Å². The van der Waals surface area contributed by atoms with Crippen molar-refractivity contribution in [3.05, 3.63) is 46.6 Å². The molecule has 2 rings (SSSR count). The fraction of sp³-hybridized carbons (Fsp3) is 0.231. The number of anilines is 1. The van der Waals surface area contributed by atoms with E-state index < -0.39 is 0 Å². The molecule has 4 heteroatoms. The third-order valence-electron chi connectivity index (χ3n) is 2.98. The summed E-state index contributed by atoms with van der Waals surface area (Å²) >= 11 is 0. The summed E-state index contributed by atoms with van der Waals surface area (Å²) in [5, 5.41) is 2.92. The smallest absolute Gasteiger partial charge is 0.273 e. The minimum absolute atomic E-state index is 0.0113. The van der Waals surface area contributed by atoms with Gasteiger partial charge in [-0.15, -0.1) is 0 Å². The van der Waals surface area contributed by atoms with Crippen LogP contribution in [0, 0.1) is 6.92 Å². The predicted octanol–water partition coefficient (Wildman–Crippen LogP) is 1.80. The number of aromatic nitrogens is 2. The summed E-state index contributed by atoms with van der Waals surface area (Å²) in [7, 11) is 3.53. The molecule has 4 nitrogen and oxygen atoms in total. The molecule has 0 aliphatic heterocycles. The second-order valence-electron chi connectivity index (χ2n) is 3.91. The number of nitrogens with zero attached hydrogens (tertiary/aromatic N) is 2. The molecule has 2 aromatic rings. The average Bonchev–Trinajstić information content (AvgIpc) is 2.37. The molecule has 0 amide bonds. The minimum atomic E-state index is -0.0113. The first-order valence-corrected chi connectivity index (χ1v) is 5.44. The Hall–Kier alpha value is -2.10. The SMILES string of the molecule is CNc1cc(-c2ccncc2)c(C)n(C)c1=O. The molecule has 0 bridgehead atoms. The Morgan fingerprint density at radius 3 is 2.53 bits per heavy atom. The van der Waals surface area contributed by atoms with Gasteiger partial charge in [-0.3, -0.25) is 9.78 Å². The van der Waals surface area contributed by atoms with Gasteiger partial charge in [-0.1, -0.05) is 0 Å². The van der Waals surface area contributed by atoms with Crippen molar-refractivity contribution in [1.29, 1.82) is 0 Å². The zero-order valence-electron chi connectivity index (χ0n) is 10.2. The Balaban J connectivity index is 2.71. The summed E-state index contributed by atoms with van der Waals surface area (Å²) < 4.78 is 1.65. The van der Waals surface area contributed by atoms with Gasteiger partial charge in [0.25, 0.3) is 5.56 Å². The Morgan fingerprint density at radius 2 is 1.94 bits per heavy atom. The van der Waals surface area contributed by atoms with E-state index in [-0.39, 0.29) is 5.56 Å². The molecule has 0 saturated carbocycles. The van der Waals surface area contributed by atoms with E-state index >= 15 is 0 Å². The number of nitrogens with one attached hydrogen (secondary N) is 1. The maximum Gasteiger partial charge on any atom is 0.273 e. The highest BCUT2D eigenvalue weighted by molar-refractivity contribution is 5.69. The Bertz CT molecular complexity index is 588. The summed E-state index contributed by atoms with van der Waals surface area (Å²) in [6, 6.07) is 5.76. The van der Waals surface area contributed by atoms with Crippen LogP contribution >= 0.6 is 0 Å². The van der Waals surface area contributed by atoms with Crippen LogP contribution < -0.4 is 10.9 Å². The molecule has 17 heavy (non-hydrogen) atoms. The lowest BCUT2D eigenvalue weighted by Gasteiger charge is -2.13. The van der Waals surface area contributed by atoms with Gasteiger partial charge in [0.15, 0.2) is 0 Å². The van der Waals surface area contributed by atoms with Crippen LogP contribution in [0.3, 0.4) is 0 Å². The molecule has 2 aromatic heterocycles. The molecule has 0 atom stereocenters. The van der Waals surface area contributed by atoms with E-state index in [0.29, 0.717) is 5.69 Å². The van der Waals surface area contributed by atoms with E-state index in [9.17, 15) is 4.79 Å². The van der Waals surface area contributed by atoms with Crippen molar-refractivity contribution in [2.45, 2.75) is 6.92 Å². The molecule has 0 spiro atoms. The topological polar surface area (TPSA) is 46.9 Å². The summed E-state index contributed by atoms with van der Waals surface area (Å²) in [6.07, 6.45) is 3.50. The second-order valence-corrected chi connectivity index (χ2v) is 3.91. The van der Waals surface area contributed by atoms with Gasteiger partial charge in [0.2, 0.25) is 0 Å². The number of pyridine rings is 2. The molecule has 88 valence electrons. The highest BCUT2D eigenvalue weighted by Gasteiger charge is 2.09. The average molecular weight is 229 g/mol. The van der Waals surface area contributed by atoms with Gasteiger partial charge in [0.1, 0.15) is 5.69 Å². The fourth-order valence-corrected chi connectivity index (χ4v) is 1.83. The lowest BCUT2D eigenvalue weighted by molar-refractivity contribution is 0.823. The zero-order chi connectivity index (χ0) is 12.4. The predicted molar refractivity (Wildman–Crippen MR) is 69.2 cm³/mol. The van der Waals surface area contributed by atoms with Crippen molar-refractivity contribution < 1.29 is 0 Å². The van der Waals surface area contributed by atoms with Gasteiger partial charge in [-0.2, -0.15) is 0 Å². The first kappa shape index (κ1) is 11.4. The van der Waals surface area contributed by atoms with Crippen LogP contribution in [0.1, 0.15) is 5.69 Å². The Morgan fingerprint density at radius 1 is 1.29 bits per heavy atom. The molecular formula is C13H15N3O. The van der Waals surface area contributed by atoms with E-state index in [1.807, 2.05) is 25.1 Å². The molecular weight excluding hydrogens is 214 g/mol. The summed E-state index contributed by atoms with van der Waals surface area (Å²) in [6.45, 7) is 1.94. The first-order chi connectivity index (χ1) is 8.15. The zero-order valence-corrected chi connectivity index (χ0v) is 10.2. The van der Waals surface area contributed by atoms with Crippen LogP contribution in [0.25, 0.3) is 11.1 Å². The van der Waals surface area contributed by atoms with Crippen molar-refractivity contribution in [1.82, 2.24) is 9.55 Å². The Kier molecular flexibility index (Phi) is 2.95. The quantitative estimate of drug-likeness (QED) is 0.854. The molecule has 0 aromatic carbocycles. The highest BCUT2D eigenvalue weighted by atomic mass is 16.1. The normalized spacial score (nSPS) is 10.3. The van der Waals surface area contributed by atoms with Crippen molar-refractivity contribution in [3.63, 3.8) is 0 Å². The van der Waals surface area contributed by atoms with E-state index in [0.717, 1.165) is 16.8 Å². The van der Waals surface area contributed by atoms with E-state index in [4.69, 9.17) is 0 Å². The van der Waals surface area contributed by atoms with Gasteiger partial charge in [-0.25, -0.2) is 0 Å². The highest BCUT2D eigenvalue weighted by Crippen LogP contribution is 2.23. The van der Waals surface area contributed by atoms with Crippen molar-refractivity contribution in [2.75, 3.05) is 12.4 Å². The third-order valence-corrected chi connectivity index (χ3v) is 2.98. The molecule has 0 aliphatic rings. The van der Waals surface area contributed by atoms with Crippen molar-refractivity contribution >= 4 is 5.69 Å². The minimum Gasteiger partial charge on any atom is -0.384 e. The molecule has 0 fully saturated rings. The number of hydrogen-bond acceptors (Lipinski definition) is 3. The maximum atomic E-state index is 11.9. The lowest BCUT2D eigenvalue weighted by atomic mass is 10.1. The Labute approximate surface area is 99.9 Å². The van der Waals surface area contributed by atoms with E-state index in [1.54, 1.807) is 31.1 Å². The van der Waals surface area contributed by atoms with E-state index in [1.165, 1.54) is 0 Å². The van der Waals surface area contributed by atoms with Gasteiger partial charge >= 0.3 is 0 Å². The lowest BCUT2D eigenvalue weighted by Crippen LogP contribution is -2.22. The monoisotopic (exact) mass is 229 g/mol. The first-order valence-electron chi connectivity index (χ1n) is 5.44. The second kappa shape index (κ2) is 4.41.